The summed E-state index contributed by atoms with van der Waals surface area (Å²) in [7, 11) is 1.78. The third-order valence-electron chi connectivity index (χ3n) is 4.90. The lowest BCUT2D eigenvalue weighted by Crippen LogP contribution is -2.28. The number of fused-ring (bicyclic) bond motifs is 1. The van der Waals surface area contributed by atoms with Crippen LogP contribution in [0.5, 0.6) is 0 Å². The van der Waals surface area contributed by atoms with E-state index in [1.807, 2.05) is 13.8 Å². The van der Waals surface area contributed by atoms with Gasteiger partial charge in [0.2, 0.25) is 0 Å². The van der Waals surface area contributed by atoms with E-state index >= 15 is 0 Å². The zero-order valence-corrected chi connectivity index (χ0v) is 19.7. The van der Waals surface area contributed by atoms with Crippen molar-refractivity contribution >= 4 is 46.0 Å². The van der Waals surface area contributed by atoms with Crippen molar-refractivity contribution < 1.29 is 24.0 Å². The smallest absolute Gasteiger partial charge is 0.325 e. The van der Waals surface area contributed by atoms with Gasteiger partial charge in [0, 0.05) is 37.2 Å². The van der Waals surface area contributed by atoms with Gasteiger partial charge in [0.25, 0.3) is 0 Å². The molecule has 0 bridgehead atoms. The second-order valence-electron chi connectivity index (χ2n) is 7.82. The summed E-state index contributed by atoms with van der Waals surface area (Å²) in [5.41, 5.74) is 2.50. The van der Waals surface area contributed by atoms with E-state index in [1.165, 1.54) is 10.9 Å². The Morgan fingerprint density at radius 2 is 2.00 bits per heavy atom. The van der Waals surface area contributed by atoms with Crippen molar-refractivity contribution in [1.29, 1.82) is 0 Å². The number of amides is 2. The number of anilines is 1. The number of carbonyl (C=O) groups excluding carboxylic acids is 2. The predicted octanol–water partition coefficient (Wildman–Crippen LogP) is 3.43. The Bertz CT molecular complexity index is 1230. The number of benzene rings is 1. The van der Waals surface area contributed by atoms with E-state index in [2.05, 4.69) is 20.9 Å². The first kappa shape index (κ1) is 24.8. The van der Waals surface area contributed by atoms with Gasteiger partial charge in [-0.25, -0.2) is 4.79 Å². The summed E-state index contributed by atoms with van der Waals surface area (Å²) < 4.78 is 5.98. The minimum atomic E-state index is -1.09. The molecule has 2 amide bonds. The fourth-order valence-electron chi connectivity index (χ4n) is 3.25. The molecular weight excluding hydrogens is 464 g/mol. The van der Waals surface area contributed by atoms with Crippen molar-refractivity contribution in [3.8, 4) is 0 Å². The van der Waals surface area contributed by atoms with Crippen LogP contribution in [0.4, 0.5) is 10.5 Å². The lowest BCUT2D eigenvalue weighted by Gasteiger charge is -2.18. The SMILES string of the molecule is CC(C)=C(Cl)N(C)CCC(=O)c1nn(CC(=O)O)c2ccc(NC(=O)NCc3ccon3)cc12. The number of carboxylic acid groups (broad SMARTS) is 1. The summed E-state index contributed by atoms with van der Waals surface area (Å²) in [6, 6.07) is 5.96. The largest absolute Gasteiger partial charge is 0.480 e. The van der Waals surface area contributed by atoms with Crippen LogP contribution in [0.1, 0.15) is 36.5 Å². The molecule has 0 radical (unpaired) electrons. The molecule has 3 rings (SSSR count). The van der Waals surface area contributed by atoms with E-state index < -0.39 is 18.5 Å². The summed E-state index contributed by atoms with van der Waals surface area (Å²) in [6.45, 7) is 3.87. The molecule has 0 saturated carbocycles. The van der Waals surface area contributed by atoms with Crippen LogP contribution in [-0.4, -0.2) is 56.3 Å². The molecule has 0 fully saturated rings. The van der Waals surface area contributed by atoms with Gasteiger partial charge >= 0.3 is 12.0 Å². The number of hydrogen-bond donors (Lipinski definition) is 3. The average Bonchev–Trinajstić information content (AvgIpc) is 3.43. The Kier molecular flexibility index (Phi) is 7.90. The molecule has 0 aliphatic carbocycles. The van der Waals surface area contributed by atoms with Crippen molar-refractivity contribution in [2.75, 3.05) is 18.9 Å². The molecule has 34 heavy (non-hydrogen) atoms. The molecule has 0 saturated heterocycles. The topological polar surface area (TPSA) is 143 Å². The molecule has 0 unspecified atom stereocenters. The van der Waals surface area contributed by atoms with Gasteiger partial charge in [0.15, 0.2) is 5.78 Å². The molecular formula is C22H25ClN6O5. The fourth-order valence-corrected chi connectivity index (χ4v) is 3.34. The van der Waals surface area contributed by atoms with Crippen LogP contribution in [-0.2, 0) is 17.9 Å². The molecule has 1 aromatic carbocycles. The quantitative estimate of drug-likeness (QED) is 0.291. The third kappa shape index (κ3) is 6.13. The highest BCUT2D eigenvalue weighted by atomic mass is 35.5. The van der Waals surface area contributed by atoms with Crippen molar-refractivity contribution in [2.24, 2.45) is 0 Å². The lowest BCUT2D eigenvalue weighted by molar-refractivity contribution is -0.137. The first-order valence-corrected chi connectivity index (χ1v) is 10.8. The van der Waals surface area contributed by atoms with Crippen molar-refractivity contribution in [3.63, 3.8) is 0 Å². The number of carboxylic acids is 1. The highest BCUT2D eigenvalue weighted by molar-refractivity contribution is 6.29. The highest BCUT2D eigenvalue weighted by Crippen LogP contribution is 2.24. The number of carbonyl (C=O) groups is 3. The van der Waals surface area contributed by atoms with Gasteiger partial charge in [-0.1, -0.05) is 16.8 Å². The van der Waals surface area contributed by atoms with Crippen molar-refractivity contribution in [1.82, 2.24) is 25.2 Å². The predicted molar refractivity (Wildman–Crippen MR) is 126 cm³/mol. The van der Waals surface area contributed by atoms with Crippen molar-refractivity contribution in [2.45, 2.75) is 33.4 Å². The van der Waals surface area contributed by atoms with E-state index in [0.29, 0.717) is 34.0 Å². The van der Waals surface area contributed by atoms with E-state index in [9.17, 15) is 19.5 Å². The Hall–Kier alpha value is -3.86. The third-order valence-corrected chi connectivity index (χ3v) is 5.57. The number of halogens is 1. The molecule has 0 aliphatic rings. The second kappa shape index (κ2) is 10.8. The summed E-state index contributed by atoms with van der Waals surface area (Å²) >= 11 is 6.23. The standard InChI is InChI=1S/C22H25ClN6O5/c1-13(2)21(23)28(3)8-6-18(30)20-16-10-14(4-5-17(16)29(26-20)12-19(31)32)25-22(33)24-11-15-7-9-34-27-15/h4-5,7,9-10H,6,8,11-12H2,1-3H3,(H,31,32)(H2,24,25,33). The zero-order chi connectivity index (χ0) is 24.8. The Morgan fingerprint density at radius 3 is 2.65 bits per heavy atom. The molecule has 0 aliphatic heterocycles. The number of urea groups is 1. The van der Waals surface area contributed by atoms with Crippen LogP contribution in [0.15, 0.2) is 45.8 Å². The monoisotopic (exact) mass is 488 g/mol. The van der Waals surface area contributed by atoms with Crippen LogP contribution in [0.2, 0.25) is 0 Å². The van der Waals surface area contributed by atoms with Crippen molar-refractivity contribution in [3.05, 3.63) is 52.6 Å². The van der Waals surface area contributed by atoms with Crippen LogP contribution in [0, 0.1) is 0 Å². The Balaban J connectivity index is 1.81. The average molecular weight is 489 g/mol. The Morgan fingerprint density at radius 1 is 1.24 bits per heavy atom. The van der Waals surface area contributed by atoms with E-state index in [4.69, 9.17) is 16.1 Å². The first-order valence-electron chi connectivity index (χ1n) is 10.4. The van der Waals surface area contributed by atoms with E-state index in [0.717, 1.165) is 5.57 Å². The lowest BCUT2D eigenvalue weighted by atomic mass is 10.1. The number of hydrogen-bond acceptors (Lipinski definition) is 7. The Labute approximate surface area is 200 Å². The van der Waals surface area contributed by atoms with Gasteiger partial charge < -0.3 is 25.2 Å². The number of aromatic nitrogens is 3. The number of nitrogens with one attached hydrogen (secondary N) is 2. The van der Waals surface area contributed by atoms with Crippen LogP contribution >= 0.6 is 11.6 Å². The molecule has 2 heterocycles. The van der Waals surface area contributed by atoms with Gasteiger partial charge in [-0.3, -0.25) is 14.3 Å². The van der Waals surface area contributed by atoms with Gasteiger partial charge in [0.05, 0.1) is 12.1 Å². The van der Waals surface area contributed by atoms with E-state index in [-0.39, 0.29) is 24.4 Å². The van der Waals surface area contributed by atoms with Gasteiger partial charge in [-0.05, 0) is 37.6 Å². The number of aliphatic carboxylic acids is 1. The number of rotatable bonds is 10. The second-order valence-corrected chi connectivity index (χ2v) is 8.17. The molecule has 0 atom stereocenters. The summed E-state index contributed by atoms with van der Waals surface area (Å²) in [5.74, 6) is -1.36. The minimum absolute atomic E-state index is 0.120. The van der Waals surface area contributed by atoms with Crippen LogP contribution in [0.25, 0.3) is 10.9 Å². The molecule has 0 spiro atoms. The number of nitrogens with zero attached hydrogens (tertiary/aromatic N) is 4. The molecule has 180 valence electrons. The van der Waals surface area contributed by atoms with Gasteiger partial charge in [-0.15, -0.1) is 0 Å². The number of Topliss-reactive ketones (excluding diaryl/α,β-unsaturated/α-hetero) is 1. The first-order chi connectivity index (χ1) is 16.2. The van der Waals surface area contributed by atoms with Gasteiger partial charge in [0.1, 0.15) is 29.4 Å². The maximum absolute atomic E-state index is 13.0. The number of ketones is 1. The summed E-state index contributed by atoms with van der Waals surface area (Å²) in [6.07, 6.45) is 1.52. The maximum atomic E-state index is 13.0. The molecule has 3 N–H and O–H groups in total. The van der Waals surface area contributed by atoms with E-state index in [1.54, 1.807) is 36.2 Å². The minimum Gasteiger partial charge on any atom is -0.480 e. The molecule has 11 nitrogen and oxygen atoms in total. The summed E-state index contributed by atoms with van der Waals surface area (Å²) in [5, 5.41) is 23.5. The normalized spacial score (nSPS) is 10.7. The summed E-state index contributed by atoms with van der Waals surface area (Å²) in [4.78, 5) is 38.3. The molecule has 12 heteroatoms. The maximum Gasteiger partial charge on any atom is 0.325 e. The zero-order valence-electron chi connectivity index (χ0n) is 19.0. The fraction of sp³-hybridized carbons (Fsp3) is 0.318. The van der Waals surface area contributed by atoms with Gasteiger partial charge in [-0.2, -0.15) is 5.10 Å². The van der Waals surface area contributed by atoms with Crippen LogP contribution in [0.3, 0.4) is 0 Å². The molecule has 2 aromatic heterocycles. The highest BCUT2D eigenvalue weighted by Gasteiger charge is 2.20. The van der Waals surface area contributed by atoms with Crippen LogP contribution < -0.4 is 10.6 Å². The molecule has 3 aromatic rings. The number of allylic oxidation sites excluding steroid dienone is 1.